The Balaban J connectivity index is 1.55. The number of halogens is 1. The average Bonchev–Trinajstić information content (AvgIpc) is 3.15. The van der Waals surface area contributed by atoms with E-state index in [2.05, 4.69) is 46.0 Å². The van der Waals surface area contributed by atoms with E-state index in [4.69, 9.17) is 16.3 Å². The molecule has 168 valence electrons. The second kappa shape index (κ2) is 10.3. The summed E-state index contributed by atoms with van der Waals surface area (Å²) in [4.78, 5) is 15.5. The maximum absolute atomic E-state index is 13.1. The van der Waals surface area contributed by atoms with Crippen molar-refractivity contribution < 1.29 is 9.53 Å². The van der Waals surface area contributed by atoms with Crippen molar-refractivity contribution in [2.45, 2.75) is 20.3 Å². The van der Waals surface area contributed by atoms with Crippen LogP contribution in [0.15, 0.2) is 54.6 Å². The quantitative estimate of drug-likeness (QED) is 0.521. The number of hydrogen-bond acceptors (Lipinski definition) is 3. The highest BCUT2D eigenvalue weighted by atomic mass is 35.5. The molecule has 0 radical (unpaired) electrons. The van der Waals surface area contributed by atoms with Gasteiger partial charge in [0.2, 0.25) is 0 Å². The number of hydrogen-bond donors (Lipinski definition) is 1. The van der Waals surface area contributed by atoms with E-state index in [1.54, 1.807) is 0 Å². The normalized spacial score (nSPS) is 14.5. The van der Waals surface area contributed by atoms with Crippen LogP contribution in [-0.2, 0) is 4.74 Å². The van der Waals surface area contributed by atoms with Crippen LogP contribution in [-0.4, -0.2) is 54.8 Å². The molecule has 32 heavy (non-hydrogen) atoms. The molecule has 0 spiro atoms. The highest BCUT2D eigenvalue weighted by Crippen LogP contribution is 2.30. The third-order valence-electron chi connectivity index (χ3n) is 5.96. The summed E-state index contributed by atoms with van der Waals surface area (Å²) in [6.07, 6.45) is 0.924. The molecule has 1 saturated heterocycles. The number of nitrogens with zero attached hydrogens (tertiary/aromatic N) is 2. The van der Waals surface area contributed by atoms with Crippen molar-refractivity contribution in [2.75, 3.05) is 39.4 Å². The van der Waals surface area contributed by atoms with Crippen molar-refractivity contribution >= 4 is 17.5 Å². The smallest absolute Gasteiger partial charge is 0.253 e. The van der Waals surface area contributed by atoms with Gasteiger partial charge in [-0.15, -0.1) is 0 Å². The number of carbonyl (C=O) groups excluding carboxylic acids is 1. The monoisotopic (exact) mass is 451 g/mol. The lowest BCUT2D eigenvalue weighted by atomic mass is 10.1. The Hall–Kier alpha value is -2.60. The molecule has 1 aromatic heterocycles. The van der Waals surface area contributed by atoms with E-state index in [9.17, 15) is 4.79 Å². The number of benzene rings is 2. The summed E-state index contributed by atoms with van der Waals surface area (Å²) in [5.74, 6) is -0.0365. The zero-order valence-corrected chi connectivity index (χ0v) is 19.5. The van der Waals surface area contributed by atoms with Crippen LogP contribution < -0.4 is 5.32 Å². The van der Waals surface area contributed by atoms with Crippen molar-refractivity contribution in [2.24, 2.45) is 0 Å². The van der Waals surface area contributed by atoms with E-state index >= 15 is 0 Å². The lowest BCUT2D eigenvalue weighted by Gasteiger charge is -2.26. The Labute approximate surface area is 194 Å². The standard InChI is InChI=1S/C26H30ClN3O2/c1-19-4-10-23(11-5-19)30-20(2)24(18-25(30)21-6-8-22(27)9-7-21)26(31)28-12-3-13-29-14-16-32-17-15-29/h4-11,18H,3,12-17H2,1-2H3,(H,28,31). The predicted molar refractivity (Wildman–Crippen MR) is 130 cm³/mol. The predicted octanol–water partition coefficient (Wildman–Crippen LogP) is 4.87. The van der Waals surface area contributed by atoms with E-state index in [-0.39, 0.29) is 5.91 Å². The third-order valence-corrected chi connectivity index (χ3v) is 6.22. The largest absolute Gasteiger partial charge is 0.379 e. The zero-order valence-electron chi connectivity index (χ0n) is 18.7. The van der Waals surface area contributed by atoms with Crippen molar-refractivity contribution in [1.82, 2.24) is 14.8 Å². The lowest BCUT2D eigenvalue weighted by molar-refractivity contribution is 0.0374. The fraction of sp³-hybridized carbons (Fsp3) is 0.346. The van der Waals surface area contributed by atoms with Crippen molar-refractivity contribution in [3.8, 4) is 16.9 Å². The first kappa shape index (κ1) is 22.6. The molecular weight excluding hydrogens is 422 g/mol. The highest BCUT2D eigenvalue weighted by Gasteiger charge is 2.19. The molecule has 2 aromatic carbocycles. The molecule has 1 aliphatic heterocycles. The number of ether oxygens (including phenoxy) is 1. The molecule has 1 amide bonds. The van der Waals surface area contributed by atoms with Crippen LogP contribution in [0.1, 0.15) is 28.0 Å². The van der Waals surface area contributed by atoms with Crippen LogP contribution in [0.3, 0.4) is 0 Å². The van der Waals surface area contributed by atoms with Crippen LogP contribution in [0.5, 0.6) is 0 Å². The number of nitrogens with one attached hydrogen (secondary N) is 1. The number of aryl methyl sites for hydroxylation is 1. The highest BCUT2D eigenvalue weighted by molar-refractivity contribution is 6.30. The Bertz CT molecular complexity index is 1050. The molecule has 1 N–H and O–H groups in total. The van der Waals surface area contributed by atoms with E-state index in [1.165, 1.54) is 5.56 Å². The van der Waals surface area contributed by atoms with Crippen LogP contribution in [0, 0.1) is 13.8 Å². The zero-order chi connectivity index (χ0) is 22.5. The maximum Gasteiger partial charge on any atom is 0.253 e. The van der Waals surface area contributed by atoms with Gasteiger partial charge in [0.15, 0.2) is 0 Å². The van der Waals surface area contributed by atoms with E-state index < -0.39 is 0 Å². The molecule has 0 saturated carbocycles. The van der Waals surface area contributed by atoms with Gasteiger partial charge in [0.1, 0.15) is 0 Å². The first-order valence-corrected chi connectivity index (χ1v) is 11.5. The molecule has 0 aliphatic carbocycles. The second-order valence-corrected chi connectivity index (χ2v) is 8.71. The van der Waals surface area contributed by atoms with Crippen LogP contribution in [0.4, 0.5) is 0 Å². The fourth-order valence-corrected chi connectivity index (χ4v) is 4.25. The Morgan fingerprint density at radius 2 is 1.72 bits per heavy atom. The minimum atomic E-state index is -0.0365. The van der Waals surface area contributed by atoms with Gasteiger partial charge in [-0.1, -0.05) is 41.4 Å². The molecule has 1 fully saturated rings. The van der Waals surface area contributed by atoms with Crippen LogP contribution >= 0.6 is 11.6 Å². The Morgan fingerprint density at radius 1 is 1.03 bits per heavy atom. The molecule has 0 bridgehead atoms. The number of rotatable bonds is 7. The fourth-order valence-electron chi connectivity index (χ4n) is 4.12. The van der Waals surface area contributed by atoms with Gasteiger partial charge in [-0.2, -0.15) is 0 Å². The molecule has 1 aliphatic rings. The average molecular weight is 452 g/mol. The Kier molecular flexibility index (Phi) is 7.30. The number of aromatic nitrogens is 1. The van der Waals surface area contributed by atoms with Gasteiger partial charge < -0.3 is 14.6 Å². The maximum atomic E-state index is 13.1. The summed E-state index contributed by atoms with van der Waals surface area (Å²) in [5, 5.41) is 3.80. The SMILES string of the molecule is Cc1ccc(-n2c(-c3ccc(Cl)cc3)cc(C(=O)NCCCN3CCOCC3)c2C)cc1. The molecule has 5 nitrogen and oxygen atoms in total. The minimum absolute atomic E-state index is 0.0365. The summed E-state index contributed by atoms with van der Waals surface area (Å²) in [6, 6.07) is 18.1. The van der Waals surface area contributed by atoms with Crippen molar-refractivity contribution in [1.29, 1.82) is 0 Å². The number of carbonyl (C=O) groups is 1. The van der Waals surface area contributed by atoms with E-state index in [0.29, 0.717) is 17.1 Å². The van der Waals surface area contributed by atoms with Crippen LogP contribution in [0.25, 0.3) is 16.9 Å². The van der Waals surface area contributed by atoms with E-state index in [1.807, 2.05) is 37.3 Å². The first-order chi connectivity index (χ1) is 15.5. The molecule has 0 atom stereocenters. The van der Waals surface area contributed by atoms with Gasteiger partial charge in [0.25, 0.3) is 5.91 Å². The molecule has 4 rings (SSSR count). The molecule has 2 heterocycles. The third kappa shape index (κ3) is 5.23. The minimum Gasteiger partial charge on any atom is -0.379 e. The molecule has 0 unspecified atom stereocenters. The van der Waals surface area contributed by atoms with Crippen molar-refractivity contribution in [3.05, 3.63) is 76.4 Å². The number of morpholine rings is 1. The van der Waals surface area contributed by atoms with Gasteiger partial charge in [-0.05, 0) is 62.7 Å². The van der Waals surface area contributed by atoms with Crippen LogP contribution in [0.2, 0.25) is 5.02 Å². The summed E-state index contributed by atoms with van der Waals surface area (Å²) in [6.45, 7) is 9.24. The molecule has 3 aromatic rings. The summed E-state index contributed by atoms with van der Waals surface area (Å²) >= 11 is 6.11. The lowest BCUT2D eigenvalue weighted by Crippen LogP contribution is -2.38. The van der Waals surface area contributed by atoms with Gasteiger partial charge in [0.05, 0.1) is 24.5 Å². The van der Waals surface area contributed by atoms with Crippen molar-refractivity contribution in [3.63, 3.8) is 0 Å². The van der Waals surface area contributed by atoms with Gasteiger partial charge in [0, 0.05) is 36.0 Å². The summed E-state index contributed by atoms with van der Waals surface area (Å²) in [5.41, 5.74) is 5.84. The first-order valence-electron chi connectivity index (χ1n) is 11.2. The summed E-state index contributed by atoms with van der Waals surface area (Å²) < 4.78 is 7.54. The molecule has 6 heteroatoms. The molecular formula is C26H30ClN3O2. The van der Waals surface area contributed by atoms with Gasteiger partial charge >= 0.3 is 0 Å². The van der Waals surface area contributed by atoms with Gasteiger partial charge in [-0.25, -0.2) is 0 Å². The topological polar surface area (TPSA) is 46.5 Å². The second-order valence-electron chi connectivity index (χ2n) is 8.27. The Morgan fingerprint density at radius 3 is 2.41 bits per heavy atom. The summed E-state index contributed by atoms with van der Waals surface area (Å²) in [7, 11) is 0. The number of amides is 1. The van der Waals surface area contributed by atoms with Gasteiger partial charge in [-0.3, -0.25) is 9.69 Å². The van der Waals surface area contributed by atoms with E-state index in [0.717, 1.165) is 61.9 Å².